The van der Waals surface area contributed by atoms with Crippen LogP contribution in [0.1, 0.15) is 27.1 Å². The third kappa shape index (κ3) is 4.75. The Labute approximate surface area is 229 Å². The maximum Gasteiger partial charge on any atom is 0.255 e. The molecule has 2 aromatic heterocycles. The molecule has 0 unspecified atom stereocenters. The van der Waals surface area contributed by atoms with Crippen LogP contribution in [-0.2, 0) is 20.1 Å². The highest BCUT2D eigenvalue weighted by atomic mass is 35.5. The van der Waals surface area contributed by atoms with Crippen LogP contribution in [0, 0.1) is 5.41 Å². The Balaban J connectivity index is 1.36. The number of Topliss-reactive ketones (excluding diaryl/α,β-unsaturated/α-hetero) is 1. The molecular formula is C29H27Cl2N5O2. The quantitative estimate of drug-likeness (QED) is 0.250. The standard InChI is InChI=1S/C29H27Cl2N5O2/c1-33(28(38)22-17-34(2)24-9-4-3-7-21(22)24)15-6-16-35-27-23(31)8-5-10-25(27)36(29(35)32)18-26(37)19-11-13-20(30)14-12-19/h3-5,7-14,17,32H,6,15-16,18H2,1-2H3. The summed E-state index contributed by atoms with van der Waals surface area (Å²) in [5, 5.41) is 10.9. The summed E-state index contributed by atoms with van der Waals surface area (Å²) in [6, 6.07) is 20.0. The van der Waals surface area contributed by atoms with E-state index in [9.17, 15) is 9.59 Å². The molecule has 3 aromatic carbocycles. The highest BCUT2D eigenvalue weighted by molar-refractivity contribution is 6.35. The molecule has 0 radical (unpaired) electrons. The van der Waals surface area contributed by atoms with Crippen molar-refractivity contribution in [2.45, 2.75) is 19.5 Å². The zero-order chi connectivity index (χ0) is 27.0. The van der Waals surface area contributed by atoms with Gasteiger partial charge in [0.15, 0.2) is 5.78 Å². The predicted octanol–water partition coefficient (Wildman–Crippen LogP) is 5.77. The summed E-state index contributed by atoms with van der Waals surface area (Å²) in [6.45, 7) is 0.966. The molecule has 5 aromatic rings. The Kier molecular flexibility index (Phi) is 7.15. The molecule has 0 aliphatic carbocycles. The van der Waals surface area contributed by atoms with Gasteiger partial charge in [-0.3, -0.25) is 15.0 Å². The lowest BCUT2D eigenvalue weighted by molar-refractivity contribution is 0.0793. The molecule has 1 amide bonds. The lowest BCUT2D eigenvalue weighted by Gasteiger charge is -2.17. The van der Waals surface area contributed by atoms with Gasteiger partial charge in [-0.25, -0.2) is 0 Å². The molecule has 0 saturated carbocycles. The average molecular weight is 548 g/mol. The van der Waals surface area contributed by atoms with Gasteiger partial charge in [0.1, 0.15) is 0 Å². The minimum Gasteiger partial charge on any atom is -0.350 e. The lowest BCUT2D eigenvalue weighted by atomic mass is 10.1. The molecule has 0 aliphatic heterocycles. The van der Waals surface area contributed by atoms with Gasteiger partial charge >= 0.3 is 0 Å². The molecule has 0 atom stereocenters. The van der Waals surface area contributed by atoms with Crippen molar-refractivity contribution in [3.63, 3.8) is 0 Å². The monoisotopic (exact) mass is 547 g/mol. The molecule has 0 aliphatic rings. The number of nitrogens with zero attached hydrogens (tertiary/aromatic N) is 4. The van der Waals surface area contributed by atoms with Crippen molar-refractivity contribution in [2.24, 2.45) is 7.05 Å². The van der Waals surface area contributed by atoms with Gasteiger partial charge in [-0.15, -0.1) is 0 Å². The first-order chi connectivity index (χ1) is 18.3. The topological polar surface area (TPSA) is 76.0 Å². The van der Waals surface area contributed by atoms with Gasteiger partial charge in [-0.2, -0.15) is 0 Å². The highest BCUT2D eigenvalue weighted by Crippen LogP contribution is 2.24. The number of ketones is 1. The third-order valence-corrected chi connectivity index (χ3v) is 7.41. The zero-order valence-corrected chi connectivity index (χ0v) is 22.6. The van der Waals surface area contributed by atoms with Crippen LogP contribution in [0.15, 0.2) is 72.9 Å². The number of imidazole rings is 1. The van der Waals surface area contributed by atoms with Gasteiger partial charge in [-0.1, -0.05) is 47.5 Å². The molecule has 194 valence electrons. The Morgan fingerprint density at radius 3 is 2.39 bits per heavy atom. The molecule has 5 rings (SSSR count). The Hall–Kier alpha value is -3.81. The first-order valence-electron chi connectivity index (χ1n) is 12.3. The Bertz CT molecular complexity index is 1730. The van der Waals surface area contributed by atoms with E-state index in [-0.39, 0.29) is 23.9 Å². The number of carbonyl (C=O) groups is 2. The van der Waals surface area contributed by atoms with Crippen LogP contribution >= 0.6 is 23.2 Å². The van der Waals surface area contributed by atoms with Crippen molar-refractivity contribution in [3.05, 3.63) is 99.7 Å². The number of hydrogen-bond donors (Lipinski definition) is 1. The number of rotatable bonds is 8. The van der Waals surface area contributed by atoms with Gasteiger partial charge in [-0.05, 0) is 48.9 Å². The molecule has 0 saturated heterocycles. The van der Waals surface area contributed by atoms with Crippen LogP contribution in [-0.4, -0.2) is 43.9 Å². The minimum absolute atomic E-state index is 0.00375. The van der Waals surface area contributed by atoms with E-state index in [0.717, 1.165) is 10.9 Å². The minimum atomic E-state index is -0.125. The number of nitrogens with one attached hydrogen (secondary N) is 1. The van der Waals surface area contributed by atoms with Crippen molar-refractivity contribution in [3.8, 4) is 0 Å². The van der Waals surface area contributed by atoms with Crippen LogP contribution < -0.4 is 5.62 Å². The number of aromatic nitrogens is 3. The van der Waals surface area contributed by atoms with Crippen molar-refractivity contribution < 1.29 is 9.59 Å². The summed E-state index contributed by atoms with van der Waals surface area (Å²) in [5.41, 5.74) is 3.79. The maximum absolute atomic E-state index is 13.2. The summed E-state index contributed by atoms with van der Waals surface area (Å²) in [7, 11) is 3.72. The molecule has 38 heavy (non-hydrogen) atoms. The number of amides is 1. The second-order valence-corrected chi connectivity index (χ2v) is 10.2. The molecular weight excluding hydrogens is 521 g/mol. The van der Waals surface area contributed by atoms with Crippen LogP contribution in [0.4, 0.5) is 0 Å². The zero-order valence-electron chi connectivity index (χ0n) is 21.1. The summed E-state index contributed by atoms with van der Waals surface area (Å²) < 4.78 is 5.44. The predicted molar refractivity (Wildman–Crippen MR) is 151 cm³/mol. The number of carbonyl (C=O) groups excluding carboxylic acids is 2. The molecule has 9 heteroatoms. The van der Waals surface area contributed by atoms with E-state index in [1.54, 1.807) is 46.8 Å². The average Bonchev–Trinajstić information content (AvgIpc) is 3.39. The van der Waals surface area contributed by atoms with Crippen LogP contribution in [0.5, 0.6) is 0 Å². The van der Waals surface area contributed by atoms with Gasteiger partial charge in [0, 0.05) is 54.9 Å². The summed E-state index contributed by atoms with van der Waals surface area (Å²) in [5.74, 6) is -0.175. The Morgan fingerprint density at radius 2 is 1.63 bits per heavy atom. The highest BCUT2D eigenvalue weighted by Gasteiger charge is 2.19. The van der Waals surface area contributed by atoms with Gasteiger partial charge in [0.25, 0.3) is 5.91 Å². The fourth-order valence-electron chi connectivity index (χ4n) is 4.89. The molecule has 7 nitrogen and oxygen atoms in total. The summed E-state index contributed by atoms with van der Waals surface area (Å²) in [6.07, 6.45) is 2.48. The first-order valence-corrected chi connectivity index (χ1v) is 13.0. The van der Waals surface area contributed by atoms with Gasteiger partial charge in [0.2, 0.25) is 5.62 Å². The van der Waals surface area contributed by atoms with Gasteiger partial charge in [0.05, 0.1) is 28.2 Å². The smallest absolute Gasteiger partial charge is 0.255 e. The summed E-state index contributed by atoms with van der Waals surface area (Å²) >= 11 is 12.5. The van der Waals surface area contributed by atoms with Crippen LogP contribution in [0.3, 0.4) is 0 Å². The largest absolute Gasteiger partial charge is 0.350 e. The number of halogens is 2. The molecule has 0 spiro atoms. The molecule has 0 fully saturated rings. The van der Waals surface area contributed by atoms with E-state index in [1.165, 1.54) is 0 Å². The lowest BCUT2D eigenvalue weighted by Crippen LogP contribution is -2.30. The number of benzene rings is 3. The van der Waals surface area contributed by atoms with Crippen molar-refractivity contribution in [2.75, 3.05) is 13.6 Å². The van der Waals surface area contributed by atoms with Crippen molar-refractivity contribution in [1.29, 1.82) is 5.41 Å². The summed E-state index contributed by atoms with van der Waals surface area (Å²) in [4.78, 5) is 27.9. The fourth-order valence-corrected chi connectivity index (χ4v) is 5.29. The number of fused-ring (bicyclic) bond motifs is 2. The van der Waals surface area contributed by atoms with Crippen LogP contribution in [0.2, 0.25) is 10.0 Å². The van der Waals surface area contributed by atoms with Crippen molar-refractivity contribution >= 4 is 56.8 Å². The molecule has 1 N–H and O–H groups in total. The SMILES string of the molecule is CN(CCCn1c(=N)n(CC(=O)c2ccc(Cl)cc2)c2cccc(Cl)c21)C(=O)c1cn(C)c2ccccc12. The van der Waals surface area contributed by atoms with E-state index in [2.05, 4.69) is 0 Å². The molecule has 2 heterocycles. The number of aryl methyl sites for hydroxylation is 2. The van der Waals surface area contributed by atoms with E-state index >= 15 is 0 Å². The van der Waals surface area contributed by atoms with E-state index in [4.69, 9.17) is 28.6 Å². The van der Waals surface area contributed by atoms with E-state index < -0.39 is 0 Å². The van der Waals surface area contributed by atoms with Crippen molar-refractivity contribution in [1.82, 2.24) is 18.6 Å². The maximum atomic E-state index is 13.2. The van der Waals surface area contributed by atoms with E-state index in [0.29, 0.717) is 51.7 Å². The normalized spacial score (nSPS) is 11.4. The van der Waals surface area contributed by atoms with Gasteiger partial charge < -0.3 is 18.6 Å². The third-order valence-electron chi connectivity index (χ3n) is 6.85. The molecule has 0 bridgehead atoms. The van der Waals surface area contributed by atoms with Crippen LogP contribution in [0.25, 0.3) is 21.9 Å². The number of hydrogen-bond acceptors (Lipinski definition) is 3. The van der Waals surface area contributed by atoms with E-state index in [1.807, 2.05) is 58.8 Å². The first kappa shape index (κ1) is 25.8. The second kappa shape index (κ2) is 10.5. The Morgan fingerprint density at radius 1 is 0.921 bits per heavy atom. The number of para-hydroxylation sites is 2. The second-order valence-electron chi connectivity index (χ2n) is 9.35. The fraction of sp³-hybridized carbons (Fsp3) is 0.207.